The number of ether oxygens (including phenoxy) is 4. The minimum absolute atomic E-state index is 0.0530. The van der Waals surface area contributed by atoms with E-state index >= 15 is 0 Å². The maximum absolute atomic E-state index is 14.2. The second-order valence-corrected chi connectivity index (χ2v) is 21.4. The molecule has 1 rings (SSSR count). The van der Waals surface area contributed by atoms with Gasteiger partial charge < -0.3 is 71.5 Å². The zero-order chi connectivity index (χ0) is 59.1. The highest BCUT2D eigenvalue weighted by atomic mass is 16.6. The van der Waals surface area contributed by atoms with E-state index in [4.69, 9.17) is 26.1 Å². The first kappa shape index (κ1) is 70.1. The largest absolute Gasteiger partial charge is 0.480 e. The van der Waals surface area contributed by atoms with E-state index < -0.39 is 134 Å². The summed E-state index contributed by atoms with van der Waals surface area (Å²) in [4.78, 5) is 92.3. The number of carboxylic acid groups (broad SMARTS) is 1. The summed E-state index contributed by atoms with van der Waals surface area (Å²) in [5.74, 6) is -8.55. The fourth-order valence-corrected chi connectivity index (χ4v) is 9.54. The molecule has 1 fully saturated rings. The van der Waals surface area contributed by atoms with E-state index in [1.54, 1.807) is 0 Å². The van der Waals surface area contributed by atoms with Crippen LogP contribution in [0, 0.1) is 5.92 Å². The van der Waals surface area contributed by atoms with Gasteiger partial charge in [-0.05, 0) is 40.0 Å². The van der Waals surface area contributed by atoms with Crippen LogP contribution >= 0.6 is 0 Å². The highest BCUT2D eigenvalue weighted by molar-refractivity contribution is 5.90. The number of carbonyl (C=O) groups is 7. The van der Waals surface area contributed by atoms with Crippen molar-refractivity contribution < 1.29 is 79.5 Å². The van der Waals surface area contributed by atoms with Crippen molar-refractivity contribution in [3.63, 3.8) is 0 Å². The first-order chi connectivity index (χ1) is 37.7. The molecule has 21 heteroatoms. The Morgan fingerprint density at radius 1 is 0.641 bits per heavy atom. The topological polar surface area (TPSA) is 332 Å². The minimum Gasteiger partial charge on any atom is -0.480 e. The number of hydrogen-bond acceptors (Lipinski definition) is 16. The molecule has 0 saturated carbocycles. The Morgan fingerprint density at radius 3 is 1.50 bits per heavy atom. The molecule has 0 aromatic carbocycles. The summed E-state index contributed by atoms with van der Waals surface area (Å²) in [6, 6.07) is -5.92. The van der Waals surface area contributed by atoms with Gasteiger partial charge in [0.2, 0.25) is 23.6 Å². The molecule has 12 atom stereocenters. The fraction of sp³-hybridized carbons (Fsp3) is 0.877. The van der Waals surface area contributed by atoms with Gasteiger partial charge in [0, 0.05) is 26.3 Å². The molecule has 0 aromatic rings. The Kier molecular flexibility index (Phi) is 39.3. The predicted molar refractivity (Wildman–Crippen MR) is 295 cm³/mol. The number of nitrogens with two attached hydrogens (primary N) is 1. The van der Waals surface area contributed by atoms with Crippen molar-refractivity contribution >= 4 is 41.5 Å². The van der Waals surface area contributed by atoms with E-state index in [9.17, 15) is 59.1 Å². The summed E-state index contributed by atoms with van der Waals surface area (Å²) in [7, 11) is 0. The Hall–Kier alpha value is -3.99. The van der Waals surface area contributed by atoms with Crippen molar-refractivity contribution in [3.05, 3.63) is 0 Å². The van der Waals surface area contributed by atoms with Crippen molar-refractivity contribution in [2.24, 2.45) is 11.7 Å². The SMILES string of the molecule is [2H]N(CC(C)O[C@H]1[C@H](O)[C@@H](CO)O[C@H](O)[C@@H]1NC(C)=O)[C@@H](C)C(=O)N[C@@H](CC(C(=O)N[C@@H](C)C(=O)O)C(OC(=O)CCCCCCCCCCCCCCC)[C@H](CO)OC(=O)CCCCCCCCCCCCCCC)C(N)=O. The van der Waals surface area contributed by atoms with Gasteiger partial charge in [-0.25, -0.2) is 0 Å². The van der Waals surface area contributed by atoms with Crippen LogP contribution in [0.5, 0.6) is 0 Å². The molecule has 454 valence electrons. The van der Waals surface area contributed by atoms with Crippen LogP contribution in [0.4, 0.5) is 0 Å². The standard InChI is InChI=1S/C57H105N5O16/c1-7-9-11-13-15-17-19-21-23-25-27-29-31-33-47(66)76-46(38-64)51(78-48(67)34-32-30-28-26-24-22-20-18-16-14-12-10-8-2)43(55(71)60-41(5)56(72)73)35-44(53(58)69)62-54(70)40(4)59-36-39(3)75-52-49(61-42(6)65)57(74)77-45(37-63)50(52)68/h39-41,43-46,49-52,57,59,63-64,68,74H,7-38H2,1-6H3,(H2,58,69)(H,60,71)(H,61,65)(H,62,70)(H,72,73)/t39?,40-,41-,43?,44-,45+,46-,49+,50+,51?,52+,57-/m0/s1/i/hD. The van der Waals surface area contributed by atoms with Crippen molar-refractivity contribution in [2.75, 3.05) is 19.8 Å². The number of aliphatic carboxylic acids is 1. The average Bonchev–Trinajstić information content (AvgIpc) is 3.43. The zero-order valence-electron chi connectivity index (χ0n) is 49.3. The third-order valence-electron chi connectivity index (χ3n) is 14.3. The number of aliphatic hydroxyl groups is 4. The third kappa shape index (κ3) is 31.7. The molecule has 11 N–H and O–H groups in total. The number of esters is 2. The molecule has 21 nitrogen and oxygen atoms in total. The zero-order valence-corrected chi connectivity index (χ0v) is 48.3. The maximum Gasteiger partial charge on any atom is 0.325 e. The second-order valence-electron chi connectivity index (χ2n) is 21.4. The van der Waals surface area contributed by atoms with Crippen molar-refractivity contribution in [2.45, 2.75) is 295 Å². The molecule has 4 amide bonds. The predicted octanol–water partition coefficient (Wildman–Crippen LogP) is 5.66. The molecule has 1 aliphatic rings. The van der Waals surface area contributed by atoms with Crippen molar-refractivity contribution in [1.82, 2.24) is 21.3 Å². The van der Waals surface area contributed by atoms with Crippen molar-refractivity contribution in [1.29, 1.82) is 0 Å². The van der Waals surface area contributed by atoms with Crippen molar-refractivity contribution in [3.8, 4) is 0 Å². The molecule has 0 bridgehead atoms. The average molecular weight is 1120 g/mol. The molecule has 0 aliphatic carbocycles. The van der Waals surface area contributed by atoms with Gasteiger partial charge in [0.15, 0.2) is 18.5 Å². The number of amides is 4. The smallest absolute Gasteiger partial charge is 0.325 e. The van der Waals surface area contributed by atoms with E-state index in [2.05, 4.69) is 29.8 Å². The van der Waals surface area contributed by atoms with E-state index in [0.717, 1.165) is 63.1 Å². The lowest BCUT2D eigenvalue weighted by molar-refractivity contribution is -0.267. The molecular formula is C57H105N5O16. The lowest BCUT2D eigenvalue weighted by atomic mass is 9.89. The van der Waals surface area contributed by atoms with Gasteiger partial charge in [0.1, 0.15) is 37.8 Å². The Morgan fingerprint density at radius 2 is 1.09 bits per heavy atom. The van der Waals surface area contributed by atoms with Gasteiger partial charge in [0.25, 0.3) is 0 Å². The summed E-state index contributed by atoms with van der Waals surface area (Å²) in [5, 5.41) is 59.6. The van der Waals surface area contributed by atoms with Crippen LogP contribution in [0.1, 0.15) is 228 Å². The van der Waals surface area contributed by atoms with E-state index in [-0.39, 0.29) is 19.4 Å². The Bertz CT molecular complexity index is 1720. The second kappa shape index (κ2) is 43.8. The fourth-order valence-electron chi connectivity index (χ4n) is 9.54. The lowest BCUT2D eigenvalue weighted by Gasteiger charge is -2.43. The van der Waals surface area contributed by atoms with E-state index in [1.165, 1.54) is 118 Å². The normalized spacial score (nSPS) is 20.3. The number of primary amides is 1. The summed E-state index contributed by atoms with van der Waals surface area (Å²) in [6.07, 6.45) is 16.8. The van der Waals surface area contributed by atoms with Gasteiger partial charge in [-0.1, -0.05) is 168 Å². The number of hydrogen-bond donors (Lipinski definition) is 10. The van der Waals surface area contributed by atoms with Gasteiger partial charge in [-0.15, -0.1) is 0 Å². The van der Waals surface area contributed by atoms with Crippen LogP contribution < -0.4 is 27.0 Å². The van der Waals surface area contributed by atoms with Crippen LogP contribution in [0.3, 0.4) is 0 Å². The lowest BCUT2D eigenvalue weighted by Crippen LogP contribution is -2.65. The molecule has 1 saturated heterocycles. The summed E-state index contributed by atoms with van der Waals surface area (Å²) in [5.41, 5.74) is 5.83. The van der Waals surface area contributed by atoms with Gasteiger partial charge in [0.05, 0.1) is 31.3 Å². The van der Waals surface area contributed by atoms with Crippen LogP contribution in [0.25, 0.3) is 0 Å². The number of carbonyl (C=O) groups excluding carboxylic acids is 6. The molecule has 3 unspecified atom stereocenters. The highest BCUT2D eigenvalue weighted by Crippen LogP contribution is 2.26. The summed E-state index contributed by atoms with van der Waals surface area (Å²) >= 11 is 0. The summed E-state index contributed by atoms with van der Waals surface area (Å²) in [6.45, 7) is 7.55. The first-order valence-corrected chi connectivity index (χ1v) is 29.7. The molecule has 1 aliphatic heterocycles. The molecule has 0 spiro atoms. The number of rotatable bonds is 48. The van der Waals surface area contributed by atoms with Gasteiger partial charge >= 0.3 is 17.9 Å². The molecular weight excluding hydrogens is 1010 g/mol. The highest BCUT2D eigenvalue weighted by Gasteiger charge is 2.47. The Balaban J connectivity index is 3.29. The Labute approximate surface area is 467 Å². The van der Waals surface area contributed by atoms with Crippen LogP contribution in [0.15, 0.2) is 0 Å². The number of unbranched alkanes of at least 4 members (excludes halogenated alkanes) is 24. The number of nitrogens with one attached hydrogen (secondary N) is 4. The number of carboxylic acids is 1. The first-order valence-electron chi connectivity index (χ1n) is 30.1. The van der Waals surface area contributed by atoms with Crippen LogP contribution in [0.2, 0.25) is 1.41 Å². The van der Waals surface area contributed by atoms with Crippen LogP contribution in [-0.2, 0) is 52.5 Å². The quantitative estimate of drug-likeness (QED) is 0.0260. The third-order valence-corrected chi connectivity index (χ3v) is 14.3. The minimum atomic E-state index is -1.80. The van der Waals surface area contributed by atoms with Crippen LogP contribution in [-0.4, -0.2) is 154 Å². The molecule has 78 heavy (non-hydrogen) atoms. The summed E-state index contributed by atoms with van der Waals surface area (Å²) < 4.78 is 31.5. The molecule has 1 heterocycles. The van der Waals surface area contributed by atoms with Gasteiger partial charge in [-0.2, -0.15) is 0 Å². The van der Waals surface area contributed by atoms with E-state index in [1.807, 2.05) is 0 Å². The molecule has 0 aromatic heterocycles. The van der Waals surface area contributed by atoms with Gasteiger partial charge in [-0.3, -0.25) is 33.6 Å². The molecule has 0 radical (unpaired) electrons. The maximum atomic E-state index is 14.2. The monoisotopic (exact) mass is 1120 g/mol. The number of aliphatic hydroxyl groups excluding tert-OH is 4. The van der Waals surface area contributed by atoms with E-state index in [0.29, 0.717) is 19.3 Å².